The molecule has 1 fully saturated rings. The molecular weight excluding hydrogens is 264 g/mol. The van der Waals surface area contributed by atoms with Crippen molar-refractivity contribution in [3.63, 3.8) is 0 Å². The third-order valence-electron chi connectivity index (χ3n) is 4.50. The number of aryl methyl sites for hydroxylation is 2. The molecule has 0 spiro atoms. The van der Waals surface area contributed by atoms with Gasteiger partial charge in [0.15, 0.2) is 0 Å². The van der Waals surface area contributed by atoms with Crippen molar-refractivity contribution in [1.82, 2.24) is 10.3 Å². The number of hydrogen-bond donors (Lipinski definition) is 1. The lowest BCUT2D eigenvalue weighted by atomic mass is 9.92. The Hall–Kier alpha value is -0.410. The summed E-state index contributed by atoms with van der Waals surface area (Å²) in [6.45, 7) is 7.80. The van der Waals surface area contributed by atoms with E-state index in [2.05, 4.69) is 26.1 Å². The van der Waals surface area contributed by atoms with Gasteiger partial charge in [0.1, 0.15) is 5.01 Å². The standard InChI is InChI=1S/C17H30N2S/c1-4-12-18-16(14-10-8-6-7-9-11-14)17-19-15(5-2)13(3)20-17/h14,16,18H,4-12H2,1-3H3. The van der Waals surface area contributed by atoms with Crippen LogP contribution in [0.3, 0.4) is 0 Å². The Kier molecular flexibility index (Phi) is 6.50. The maximum atomic E-state index is 4.94. The lowest BCUT2D eigenvalue weighted by Crippen LogP contribution is -2.29. The highest BCUT2D eigenvalue weighted by molar-refractivity contribution is 7.11. The van der Waals surface area contributed by atoms with E-state index in [9.17, 15) is 0 Å². The average molecular weight is 295 g/mol. The summed E-state index contributed by atoms with van der Waals surface area (Å²) in [6.07, 6.45) is 10.7. The van der Waals surface area contributed by atoms with Crippen molar-refractivity contribution in [1.29, 1.82) is 0 Å². The first-order valence-corrected chi connectivity index (χ1v) is 9.27. The summed E-state index contributed by atoms with van der Waals surface area (Å²) in [5, 5.41) is 5.14. The van der Waals surface area contributed by atoms with Crippen LogP contribution in [-0.4, -0.2) is 11.5 Å². The third kappa shape index (κ3) is 4.05. The van der Waals surface area contributed by atoms with Crippen molar-refractivity contribution in [3.05, 3.63) is 15.6 Å². The molecule has 2 nitrogen and oxygen atoms in total. The molecule has 3 heteroatoms. The van der Waals surface area contributed by atoms with Gasteiger partial charge in [0.2, 0.25) is 0 Å². The molecular formula is C17H30N2S. The minimum absolute atomic E-state index is 0.497. The predicted molar refractivity (Wildman–Crippen MR) is 88.5 cm³/mol. The molecule has 1 aliphatic carbocycles. The van der Waals surface area contributed by atoms with Crippen LogP contribution in [0.25, 0.3) is 0 Å². The highest BCUT2D eigenvalue weighted by Crippen LogP contribution is 2.36. The molecule has 2 rings (SSSR count). The fourth-order valence-electron chi connectivity index (χ4n) is 3.31. The van der Waals surface area contributed by atoms with Crippen LogP contribution in [0.15, 0.2) is 0 Å². The maximum absolute atomic E-state index is 4.94. The van der Waals surface area contributed by atoms with Crippen LogP contribution < -0.4 is 5.32 Å². The van der Waals surface area contributed by atoms with E-state index in [0.717, 1.165) is 18.9 Å². The smallest absolute Gasteiger partial charge is 0.110 e. The molecule has 1 saturated carbocycles. The zero-order valence-corrected chi connectivity index (χ0v) is 14.2. The van der Waals surface area contributed by atoms with Crippen molar-refractivity contribution < 1.29 is 0 Å². The molecule has 1 aromatic heterocycles. The second-order valence-electron chi connectivity index (χ2n) is 6.09. The van der Waals surface area contributed by atoms with Crippen LogP contribution in [0.5, 0.6) is 0 Å². The summed E-state index contributed by atoms with van der Waals surface area (Å²) in [5.74, 6) is 0.791. The van der Waals surface area contributed by atoms with Crippen LogP contribution in [0.1, 0.15) is 80.4 Å². The molecule has 0 aromatic carbocycles. The molecule has 0 saturated heterocycles. The number of hydrogen-bond acceptors (Lipinski definition) is 3. The minimum atomic E-state index is 0.497. The first-order chi connectivity index (χ1) is 9.76. The monoisotopic (exact) mass is 294 g/mol. The van der Waals surface area contributed by atoms with Gasteiger partial charge in [-0.15, -0.1) is 11.3 Å². The molecule has 114 valence electrons. The van der Waals surface area contributed by atoms with Crippen LogP contribution in [0, 0.1) is 12.8 Å². The lowest BCUT2D eigenvalue weighted by molar-refractivity contribution is 0.324. The molecule has 20 heavy (non-hydrogen) atoms. The summed E-state index contributed by atoms with van der Waals surface area (Å²) in [7, 11) is 0. The largest absolute Gasteiger partial charge is 0.308 e. The van der Waals surface area contributed by atoms with E-state index in [1.54, 1.807) is 0 Å². The minimum Gasteiger partial charge on any atom is -0.308 e. The Morgan fingerprint density at radius 2 is 1.90 bits per heavy atom. The van der Waals surface area contributed by atoms with Gasteiger partial charge in [0, 0.05) is 4.88 Å². The predicted octanol–water partition coefficient (Wildman–Crippen LogP) is 5.03. The van der Waals surface area contributed by atoms with Gasteiger partial charge in [-0.05, 0) is 45.1 Å². The van der Waals surface area contributed by atoms with Gasteiger partial charge in [0.05, 0.1) is 11.7 Å². The second kappa shape index (κ2) is 8.14. The molecule has 0 aliphatic heterocycles. The first kappa shape index (κ1) is 16.0. The van der Waals surface area contributed by atoms with Gasteiger partial charge in [-0.1, -0.05) is 39.5 Å². The number of aromatic nitrogens is 1. The molecule has 0 amide bonds. The number of rotatable bonds is 6. The first-order valence-electron chi connectivity index (χ1n) is 8.45. The van der Waals surface area contributed by atoms with E-state index in [4.69, 9.17) is 4.98 Å². The topological polar surface area (TPSA) is 24.9 Å². The summed E-state index contributed by atoms with van der Waals surface area (Å²) in [5.41, 5.74) is 1.31. The number of nitrogens with one attached hydrogen (secondary N) is 1. The fraction of sp³-hybridized carbons (Fsp3) is 0.824. The highest BCUT2D eigenvalue weighted by atomic mass is 32.1. The zero-order chi connectivity index (χ0) is 14.4. The van der Waals surface area contributed by atoms with E-state index >= 15 is 0 Å². The van der Waals surface area contributed by atoms with Crippen LogP contribution in [0.4, 0.5) is 0 Å². The van der Waals surface area contributed by atoms with Crippen LogP contribution >= 0.6 is 11.3 Å². The van der Waals surface area contributed by atoms with E-state index in [-0.39, 0.29) is 0 Å². The Morgan fingerprint density at radius 1 is 1.20 bits per heavy atom. The molecule has 1 heterocycles. The van der Waals surface area contributed by atoms with Gasteiger partial charge in [0.25, 0.3) is 0 Å². The summed E-state index contributed by atoms with van der Waals surface area (Å²) < 4.78 is 0. The van der Waals surface area contributed by atoms with Crippen LogP contribution in [-0.2, 0) is 6.42 Å². The van der Waals surface area contributed by atoms with Crippen molar-refractivity contribution in [2.75, 3.05) is 6.54 Å². The van der Waals surface area contributed by atoms with E-state index in [0.29, 0.717) is 6.04 Å². The molecule has 0 bridgehead atoms. The fourth-order valence-corrected chi connectivity index (χ4v) is 4.49. The SMILES string of the molecule is CCCNC(c1nc(CC)c(C)s1)C1CCCCCC1. The van der Waals surface area contributed by atoms with Crippen molar-refractivity contribution >= 4 is 11.3 Å². The normalized spacial score (nSPS) is 18.9. The third-order valence-corrected chi connectivity index (χ3v) is 5.59. The Labute approximate surface area is 128 Å². The molecule has 1 aliphatic rings. The van der Waals surface area contributed by atoms with Gasteiger partial charge in [-0.3, -0.25) is 0 Å². The van der Waals surface area contributed by atoms with E-state index in [1.807, 2.05) is 11.3 Å². The average Bonchev–Trinajstić information content (AvgIpc) is 2.66. The van der Waals surface area contributed by atoms with Gasteiger partial charge in [-0.25, -0.2) is 4.98 Å². The highest BCUT2D eigenvalue weighted by Gasteiger charge is 2.26. The summed E-state index contributed by atoms with van der Waals surface area (Å²) in [6, 6.07) is 0.497. The molecule has 0 radical (unpaired) electrons. The van der Waals surface area contributed by atoms with Crippen molar-refractivity contribution in [2.45, 2.75) is 78.2 Å². The Bertz CT molecular complexity index is 392. The second-order valence-corrected chi connectivity index (χ2v) is 7.33. The molecule has 1 aromatic rings. The molecule has 1 atom stereocenters. The summed E-state index contributed by atoms with van der Waals surface area (Å²) in [4.78, 5) is 6.36. The van der Waals surface area contributed by atoms with Crippen molar-refractivity contribution in [3.8, 4) is 0 Å². The lowest BCUT2D eigenvalue weighted by Gasteiger charge is -2.25. The van der Waals surface area contributed by atoms with E-state index in [1.165, 1.54) is 60.5 Å². The maximum Gasteiger partial charge on any atom is 0.110 e. The van der Waals surface area contributed by atoms with Gasteiger partial charge < -0.3 is 5.32 Å². The Balaban J connectivity index is 2.15. The quantitative estimate of drug-likeness (QED) is 0.745. The van der Waals surface area contributed by atoms with Gasteiger partial charge in [-0.2, -0.15) is 0 Å². The number of thiazole rings is 1. The van der Waals surface area contributed by atoms with Gasteiger partial charge >= 0.3 is 0 Å². The van der Waals surface area contributed by atoms with Crippen molar-refractivity contribution in [2.24, 2.45) is 5.92 Å². The molecule has 1 unspecified atom stereocenters. The zero-order valence-electron chi connectivity index (χ0n) is 13.4. The summed E-state index contributed by atoms with van der Waals surface area (Å²) >= 11 is 1.92. The van der Waals surface area contributed by atoms with E-state index < -0.39 is 0 Å². The Morgan fingerprint density at radius 3 is 2.45 bits per heavy atom. The van der Waals surface area contributed by atoms with Crippen LogP contribution in [0.2, 0.25) is 0 Å². The number of nitrogens with zero attached hydrogens (tertiary/aromatic N) is 1. The molecule has 1 N–H and O–H groups in total.